The van der Waals surface area contributed by atoms with E-state index >= 15 is 0 Å². The maximum absolute atomic E-state index is 13.6. The zero-order valence-electron chi connectivity index (χ0n) is 17.7. The Morgan fingerprint density at radius 1 is 0.968 bits per heavy atom. The van der Waals surface area contributed by atoms with Crippen LogP contribution in [-0.2, 0) is 11.3 Å². The number of carbonyl (C=O) groups excluding carboxylic acids is 1. The van der Waals surface area contributed by atoms with Gasteiger partial charge in [-0.05, 0) is 41.3 Å². The smallest absolute Gasteiger partial charge is 0.220 e. The van der Waals surface area contributed by atoms with Gasteiger partial charge in [-0.1, -0.05) is 67.6 Å². The van der Waals surface area contributed by atoms with Crippen LogP contribution in [0.4, 0.5) is 4.39 Å². The van der Waals surface area contributed by atoms with Crippen molar-refractivity contribution in [1.82, 2.24) is 9.88 Å². The quantitative estimate of drug-likeness (QED) is 0.384. The molecule has 0 aliphatic carbocycles. The summed E-state index contributed by atoms with van der Waals surface area (Å²) in [5.74, 6) is -0.417. The van der Waals surface area contributed by atoms with Crippen molar-refractivity contribution in [3.63, 3.8) is 0 Å². The highest BCUT2D eigenvalue weighted by Gasteiger charge is 2.23. The number of rotatable bonds is 8. The van der Waals surface area contributed by atoms with Gasteiger partial charge in [0.2, 0.25) is 5.91 Å². The summed E-state index contributed by atoms with van der Waals surface area (Å²) >= 11 is 0. The number of halogens is 1. The molecule has 158 valence electrons. The molecule has 4 heteroatoms. The van der Waals surface area contributed by atoms with E-state index in [2.05, 4.69) is 40.3 Å². The van der Waals surface area contributed by atoms with Crippen LogP contribution in [0.25, 0.3) is 10.9 Å². The number of fused-ring (bicyclic) bond motifs is 1. The fourth-order valence-corrected chi connectivity index (χ4v) is 4.09. The normalized spacial score (nSPS) is 12.1. The summed E-state index contributed by atoms with van der Waals surface area (Å²) in [4.78, 5) is 12.7. The molecule has 0 aliphatic heterocycles. The largest absolute Gasteiger partial charge is 0.356 e. The first kappa shape index (κ1) is 20.9. The summed E-state index contributed by atoms with van der Waals surface area (Å²) in [5.41, 5.74) is 4.37. The van der Waals surface area contributed by atoms with Gasteiger partial charge >= 0.3 is 0 Å². The SMILES string of the molecule is CCCNC(=O)CC(c1ccc(F)cc1)c1cn(Cc2ccccc2)c2ccccc12. The van der Waals surface area contributed by atoms with Crippen LogP contribution in [0.3, 0.4) is 0 Å². The van der Waals surface area contributed by atoms with Crippen LogP contribution >= 0.6 is 0 Å². The summed E-state index contributed by atoms with van der Waals surface area (Å²) in [5, 5.41) is 4.11. The summed E-state index contributed by atoms with van der Waals surface area (Å²) in [6.07, 6.45) is 3.37. The van der Waals surface area contributed by atoms with E-state index in [0.717, 1.165) is 35.0 Å². The summed E-state index contributed by atoms with van der Waals surface area (Å²) < 4.78 is 15.8. The van der Waals surface area contributed by atoms with Crippen LogP contribution in [0.15, 0.2) is 85.1 Å². The van der Waals surface area contributed by atoms with Crippen molar-refractivity contribution in [3.05, 3.63) is 108 Å². The van der Waals surface area contributed by atoms with Gasteiger partial charge in [0.25, 0.3) is 0 Å². The molecule has 31 heavy (non-hydrogen) atoms. The number of amides is 1. The Hall–Kier alpha value is -3.40. The first-order chi connectivity index (χ1) is 15.2. The monoisotopic (exact) mass is 414 g/mol. The van der Waals surface area contributed by atoms with Gasteiger partial charge in [0, 0.05) is 42.5 Å². The topological polar surface area (TPSA) is 34.0 Å². The van der Waals surface area contributed by atoms with Gasteiger partial charge in [-0.15, -0.1) is 0 Å². The minimum absolute atomic E-state index is 0.0102. The Bertz CT molecular complexity index is 1150. The zero-order valence-corrected chi connectivity index (χ0v) is 17.7. The van der Waals surface area contributed by atoms with Crippen molar-refractivity contribution in [3.8, 4) is 0 Å². The molecule has 0 fully saturated rings. The number of hydrogen-bond acceptors (Lipinski definition) is 1. The van der Waals surface area contributed by atoms with Crippen molar-refractivity contribution in [1.29, 1.82) is 0 Å². The number of carbonyl (C=O) groups is 1. The fraction of sp³-hybridized carbons (Fsp3) is 0.222. The second-order valence-electron chi connectivity index (χ2n) is 7.87. The standard InChI is InChI=1S/C27H27FN2O/c1-2-16-29-27(31)17-24(21-12-14-22(28)15-13-21)25-19-30(18-20-8-4-3-5-9-20)26-11-7-6-10-23(25)26/h3-15,19,24H,2,16-18H2,1H3,(H,29,31). The van der Waals surface area contributed by atoms with Gasteiger partial charge in [0.05, 0.1) is 0 Å². The molecule has 1 atom stereocenters. The van der Waals surface area contributed by atoms with Gasteiger partial charge < -0.3 is 9.88 Å². The van der Waals surface area contributed by atoms with Crippen LogP contribution < -0.4 is 5.32 Å². The van der Waals surface area contributed by atoms with Gasteiger partial charge in [-0.3, -0.25) is 4.79 Å². The van der Waals surface area contributed by atoms with Crippen LogP contribution in [0, 0.1) is 5.82 Å². The summed E-state index contributed by atoms with van der Waals surface area (Å²) in [7, 11) is 0. The average Bonchev–Trinajstić information content (AvgIpc) is 3.15. The average molecular weight is 415 g/mol. The molecule has 1 aromatic heterocycles. The highest BCUT2D eigenvalue weighted by Crippen LogP contribution is 2.35. The molecule has 1 amide bonds. The molecule has 0 radical (unpaired) electrons. The lowest BCUT2D eigenvalue weighted by Gasteiger charge is -2.17. The van der Waals surface area contributed by atoms with E-state index in [1.165, 1.54) is 17.7 Å². The third kappa shape index (κ3) is 4.85. The lowest BCUT2D eigenvalue weighted by atomic mass is 9.88. The van der Waals surface area contributed by atoms with E-state index < -0.39 is 0 Å². The molecule has 1 unspecified atom stereocenters. The van der Waals surface area contributed by atoms with Crippen molar-refractivity contribution in [2.75, 3.05) is 6.54 Å². The van der Waals surface area contributed by atoms with Crippen molar-refractivity contribution >= 4 is 16.8 Å². The Morgan fingerprint density at radius 3 is 2.42 bits per heavy atom. The van der Waals surface area contributed by atoms with Crippen LogP contribution in [0.2, 0.25) is 0 Å². The van der Waals surface area contributed by atoms with Crippen LogP contribution in [0.5, 0.6) is 0 Å². The Balaban J connectivity index is 1.77. The fourth-order valence-electron chi connectivity index (χ4n) is 4.09. The lowest BCUT2D eigenvalue weighted by Crippen LogP contribution is -2.26. The van der Waals surface area contributed by atoms with E-state index in [9.17, 15) is 9.18 Å². The van der Waals surface area contributed by atoms with E-state index in [1.54, 1.807) is 12.1 Å². The molecule has 0 bridgehead atoms. The second-order valence-corrected chi connectivity index (χ2v) is 7.87. The molecule has 3 nitrogen and oxygen atoms in total. The van der Waals surface area contributed by atoms with Gasteiger partial charge in [-0.2, -0.15) is 0 Å². The molecular formula is C27H27FN2O. The highest BCUT2D eigenvalue weighted by atomic mass is 19.1. The number of nitrogens with zero attached hydrogens (tertiary/aromatic N) is 1. The van der Waals surface area contributed by atoms with E-state index in [0.29, 0.717) is 13.0 Å². The molecule has 3 aromatic carbocycles. The third-order valence-electron chi connectivity index (χ3n) is 5.62. The highest BCUT2D eigenvalue weighted by molar-refractivity contribution is 5.86. The third-order valence-corrected chi connectivity index (χ3v) is 5.62. The maximum atomic E-state index is 13.6. The molecule has 4 rings (SSSR count). The predicted octanol–water partition coefficient (Wildman–Crippen LogP) is 5.88. The first-order valence-electron chi connectivity index (χ1n) is 10.8. The van der Waals surface area contributed by atoms with Gasteiger partial charge in [-0.25, -0.2) is 4.39 Å². The molecular weight excluding hydrogens is 387 g/mol. The molecule has 0 spiro atoms. The second kappa shape index (κ2) is 9.61. The molecule has 0 aliphatic rings. The number of hydrogen-bond donors (Lipinski definition) is 1. The van der Waals surface area contributed by atoms with E-state index in [4.69, 9.17) is 0 Å². The van der Waals surface area contributed by atoms with Crippen molar-refractivity contribution in [2.45, 2.75) is 32.2 Å². The number of nitrogens with one attached hydrogen (secondary N) is 1. The Morgan fingerprint density at radius 2 is 1.68 bits per heavy atom. The molecule has 0 saturated heterocycles. The van der Waals surface area contributed by atoms with E-state index in [-0.39, 0.29) is 17.6 Å². The zero-order chi connectivity index (χ0) is 21.6. The lowest BCUT2D eigenvalue weighted by molar-refractivity contribution is -0.121. The number of aromatic nitrogens is 1. The minimum atomic E-state index is -0.274. The maximum Gasteiger partial charge on any atom is 0.220 e. The Kier molecular flexibility index (Phi) is 6.46. The predicted molar refractivity (Wildman–Crippen MR) is 124 cm³/mol. The number of para-hydroxylation sites is 1. The Labute approximate surface area is 182 Å². The molecule has 4 aromatic rings. The van der Waals surface area contributed by atoms with E-state index in [1.807, 2.05) is 37.3 Å². The van der Waals surface area contributed by atoms with Gasteiger partial charge in [0.15, 0.2) is 0 Å². The number of benzene rings is 3. The molecule has 1 N–H and O–H groups in total. The van der Waals surface area contributed by atoms with Crippen LogP contribution in [-0.4, -0.2) is 17.0 Å². The van der Waals surface area contributed by atoms with Gasteiger partial charge in [0.1, 0.15) is 5.82 Å². The summed E-state index contributed by atoms with van der Waals surface area (Å²) in [6, 6.07) is 25.1. The molecule has 1 heterocycles. The minimum Gasteiger partial charge on any atom is -0.356 e. The van der Waals surface area contributed by atoms with Crippen LogP contribution in [0.1, 0.15) is 42.4 Å². The molecule has 0 saturated carbocycles. The van der Waals surface area contributed by atoms with Crippen molar-refractivity contribution < 1.29 is 9.18 Å². The van der Waals surface area contributed by atoms with Crippen molar-refractivity contribution in [2.24, 2.45) is 0 Å². The first-order valence-corrected chi connectivity index (χ1v) is 10.8. The summed E-state index contributed by atoms with van der Waals surface area (Å²) in [6.45, 7) is 3.44.